The van der Waals surface area contributed by atoms with Crippen molar-refractivity contribution in [3.8, 4) is 10.6 Å². The Morgan fingerprint density at radius 3 is 2.76 bits per heavy atom. The van der Waals surface area contributed by atoms with E-state index in [9.17, 15) is 4.79 Å². The van der Waals surface area contributed by atoms with Gasteiger partial charge in [0.15, 0.2) is 0 Å². The number of nitrogens with one attached hydrogen (secondary N) is 2. The van der Waals surface area contributed by atoms with E-state index in [1.54, 1.807) is 11.3 Å². The third kappa shape index (κ3) is 4.40. The molecule has 2 aromatic carbocycles. The number of anilines is 4. The minimum Gasteiger partial charge on any atom is -0.336 e. The Labute approximate surface area is 195 Å². The van der Waals surface area contributed by atoms with Gasteiger partial charge in [0, 0.05) is 48.5 Å². The molecule has 2 aromatic heterocycles. The van der Waals surface area contributed by atoms with Crippen LogP contribution in [0.2, 0.25) is 0 Å². The Bertz CT molecular complexity index is 1310. The van der Waals surface area contributed by atoms with E-state index in [-0.39, 0.29) is 5.91 Å². The number of aromatic nitrogens is 4. The summed E-state index contributed by atoms with van der Waals surface area (Å²) in [6, 6.07) is 12.1. The second-order valence-electron chi connectivity index (χ2n) is 7.85. The summed E-state index contributed by atoms with van der Waals surface area (Å²) in [5, 5.41) is 9.18. The van der Waals surface area contributed by atoms with E-state index in [0.717, 1.165) is 41.5 Å². The van der Waals surface area contributed by atoms with E-state index < -0.39 is 0 Å². The van der Waals surface area contributed by atoms with Crippen LogP contribution in [0.25, 0.3) is 10.6 Å². The molecular weight excluding hydrogens is 434 g/mol. The number of nitrogens with zero attached hydrogens (tertiary/aromatic N) is 5. The molecule has 0 radical (unpaired) electrons. The highest BCUT2D eigenvalue weighted by atomic mass is 32.1. The number of amides is 1. The fourth-order valence-corrected chi connectivity index (χ4v) is 4.74. The van der Waals surface area contributed by atoms with E-state index in [1.165, 1.54) is 29.9 Å². The lowest BCUT2D eigenvalue weighted by Crippen LogP contribution is -2.32. The van der Waals surface area contributed by atoms with E-state index in [4.69, 9.17) is 0 Å². The summed E-state index contributed by atoms with van der Waals surface area (Å²) in [5.41, 5.74) is 6.33. The molecule has 0 bridgehead atoms. The van der Waals surface area contributed by atoms with Crippen LogP contribution in [0.4, 0.5) is 23.3 Å². The van der Waals surface area contributed by atoms with Gasteiger partial charge in [-0.25, -0.2) is 15.0 Å². The van der Waals surface area contributed by atoms with E-state index >= 15 is 0 Å². The smallest absolute Gasteiger partial charge is 0.232 e. The quantitative estimate of drug-likeness (QED) is 0.453. The first-order valence-corrected chi connectivity index (χ1v) is 11.6. The average Bonchev–Trinajstić information content (AvgIpc) is 3.36. The van der Waals surface area contributed by atoms with Crippen molar-refractivity contribution < 1.29 is 4.79 Å². The van der Waals surface area contributed by atoms with Crippen molar-refractivity contribution in [3.63, 3.8) is 0 Å². The van der Waals surface area contributed by atoms with Gasteiger partial charge in [-0.2, -0.15) is 4.98 Å². The molecule has 1 aliphatic heterocycles. The molecule has 0 aliphatic carbocycles. The first-order valence-electron chi connectivity index (χ1n) is 10.7. The molecule has 0 spiro atoms. The maximum atomic E-state index is 11.5. The maximum Gasteiger partial charge on any atom is 0.232 e. The Morgan fingerprint density at radius 2 is 1.94 bits per heavy atom. The zero-order chi connectivity index (χ0) is 22.8. The number of thiazole rings is 1. The maximum absolute atomic E-state index is 11.5. The van der Waals surface area contributed by atoms with Crippen LogP contribution < -0.4 is 15.5 Å². The Kier molecular flexibility index (Phi) is 5.70. The Morgan fingerprint density at radius 1 is 1.09 bits per heavy atom. The van der Waals surface area contributed by atoms with Gasteiger partial charge in [0.05, 0.1) is 0 Å². The van der Waals surface area contributed by atoms with Gasteiger partial charge < -0.3 is 15.5 Å². The lowest BCUT2D eigenvalue weighted by atomic mass is 9.95. The summed E-state index contributed by atoms with van der Waals surface area (Å²) < 4.78 is 0. The first kappa shape index (κ1) is 21.0. The van der Waals surface area contributed by atoms with Gasteiger partial charge in [0.2, 0.25) is 17.8 Å². The van der Waals surface area contributed by atoms with Crippen LogP contribution in [0.5, 0.6) is 0 Å². The molecule has 5 rings (SSSR count). The Balaban J connectivity index is 1.37. The van der Waals surface area contributed by atoms with Crippen LogP contribution >= 0.6 is 11.3 Å². The molecule has 33 heavy (non-hydrogen) atoms. The van der Waals surface area contributed by atoms with Crippen molar-refractivity contribution in [2.45, 2.75) is 26.8 Å². The predicted octanol–water partition coefficient (Wildman–Crippen LogP) is 4.57. The molecule has 1 amide bonds. The monoisotopic (exact) mass is 457 g/mol. The topological polar surface area (TPSA) is 95.9 Å². The number of benzene rings is 2. The highest BCUT2D eigenvalue weighted by molar-refractivity contribution is 7.13. The highest BCUT2D eigenvalue weighted by Gasteiger charge is 2.22. The molecule has 0 unspecified atom stereocenters. The van der Waals surface area contributed by atoms with Gasteiger partial charge in [0.1, 0.15) is 11.3 Å². The summed E-state index contributed by atoms with van der Waals surface area (Å²) in [4.78, 5) is 31.5. The number of fused-ring (bicyclic) bond motifs is 1. The summed E-state index contributed by atoms with van der Waals surface area (Å²) in [6.45, 7) is 4.98. The zero-order valence-electron chi connectivity index (χ0n) is 18.4. The third-order valence-corrected chi connectivity index (χ3v) is 6.47. The molecule has 3 heterocycles. The second kappa shape index (κ2) is 8.95. The Hall–Kier alpha value is -3.85. The van der Waals surface area contributed by atoms with Crippen molar-refractivity contribution in [3.05, 3.63) is 71.0 Å². The molecule has 0 saturated heterocycles. The van der Waals surface area contributed by atoms with Gasteiger partial charge in [0.25, 0.3) is 0 Å². The normalized spacial score (nSPS) is 12.8. The van der Waals surface area contributed by atoms with Crippen LogP contribution in [-0.2, 0) is 17.8 Å². The highest BCUT2D eigenvalue weighted by Crippen LogP contribution is 2.32. The van der Waals surface area contributed by atoms with E-state index in [2.05, 4.69) is 53.7 Å². The molecular formula is C24H23N7OS. The minimum atomic E-state index is -0.110. The second-order valence-corrected chi connectivity index (χ2v) is 8.74. The molecule has 0 saturated carbocycles. The molecule has 1 aliphatic rings. The fourth-order valence-electron chi connectivity index (χ4n) is 4.05. The van der Waals surface area contributed by atoms with Crippen LogP contribution in [-0.4, -0.2) is 32.4 Å². The van der Waals surface area contributed by atoms with Crippen LogP contribution in [0.15, 0.2) is 54.3 Å². The lowest BCUT2D eigenvalue weighted by Gasteiger charge is -2.30. The largest absolute Gasteiger partial charge is 0.336 e. The molecule has 2 N–H and O–H groups in total. The molecule has 0 fully saturated rings. The van der Waals surface area contributed by atoms with E-state index in [0.29, 0.717) is 11.9 Å². The van der Waals surface area contributed by atoms with E-state index in [1.807, 2.05) is 36.7 Å². The summed E-state index contributed by atoms with van der Waals surface area (Å²) in [6.07, 6.45) is 4.28. The average molecular weight is 458 g/mol. The number of rotatable bonds is 5. The SMILES string of the molecule is CC(=O)Nc1cccc(Nc2ncnc(N3CCc4c(cccc4-c4nccs4)C3)n2)c1C. The molecule has 8 nitrogen and oxygen atoms in total. The number of carbonyl (C=O) groups excluding carboxylic acids is 1. The van der Waals surface area contributed by atoms with Gasteiger partial charge >= 0.3 is 0 Å². The third-order valence-electron chi connectivity index (χ3n) is 5.66. The number of hydrogen-bond donors (Lipinski definition) is 2. The molecule has 4 aromatic rings. The number of carbonyl (C=O) groups is 1. The first-order chi connectivity index (χ1) is 16.1. The zero-order valence-corrected chi connectivity index (χ0v) is 19.2. The van der Waals surface area contributed by atoms with Crippen molar-refractivity contribution in [2.24, 2.45) is 0 Å². The molecule has 9 heteroatoms. The van der Waals surface area contributed by atoms with Gasteiger partial charge in [-0.1, -0.05) is 24.3 Å². The predicted molar refractivity (Wildman–Crippen MR) is 131 cm³/mol. The van der Waals surface area contributed by atoms with Crippen molar-refractivity contribution in [2.75, 3.05) is 22.1 Å². The molecule has 166 valence electrons. The standard InChI is InChI=1S/C24H23N7OS/c1-15-20(28-16(2)32)7-4-8-21(15)29-23-26-14-27-24(30-23)31-11-9-18-17(13-31)5-3-6-19(18)22-25-10-12-33-22/h3-8,10,12,14H,9,11,13H2,1-2H3,(H,28,32)(H,26,27,29,30). The van der Waals surface area contributed by atoms with Crippen molar-refractivity contribution in [1.29, 1.82) is 0 Å². The van der Waals surface area contributed by atoms with Crippen molar-refractivity contribution in [1.82, 2.24) is 19.9 Å². The van der Waals surface area contributed by atoms with Gasteiger partial charge in [-0.05, 0) is 42.2 Å². The van der Waals surface area contributed by atoms with Gasteiger partial charge in [-0.15, -0.1) is 11.3 Å². The van der Waals surface area contributed by atoms with Crippen LogP contribution in [0, 0.1) is 6.92 Å². The summed E-state index contributed by atoms with van der Waals surface area (Å²) in [5.74, 6) is 0.986. The van der Waals surface area contributed by atoms with Crippen LogP contribution in [0.1, 0.15) is 23.6 Å². The van der Waals surface area contributed by atoms with Gasteiger partial charge in [-0.3, -0.25) is 4.79 Å². The molecule has 0 atom stereocenters. The lowest BCUT2D eigenvalue weighted by molar-refractivity contribution is -0.114. The van der Waals surface area contributed by atoms with Crippen molar-refractivity contribution >= 4 is 40.5 Å². The van der Waals surface area contributed by atoms with Crippen LogP contribution in [0.3, 0.4) is 0 Å². The summed E-state index contributed by atoms with van der Waals surface area (Å²) in [7, 11) is 0. The summed E-state index contributed by atoms with van der Waals surface area (Å²) >= 11 is 1.66. The number of hydrogen-bond acceptors (Lipinski definition) is 8. The minimum absolute atomic E-state index is 0.110. The fraction of sp³-hybridized carbons (Fsp3) is 0.208.